The molecule has 116 valence electrons. The zero-order valence-electron chi connectivity index (χ0n) is 10.9. The minimum absolute atomic E-state index is 0.185. The maximum atomic E-state index is 12.2. The molecule has 0 aliphatic heterocycles. The molecule has 4 nitrogen and oxygen atoms in total. The van der Waals surface area contributed by atoms with Crippen LogP contribution in [-0.2, 0) is 14.3 Å². The number of hydrogen-bond donors (Lipinski definition) is 0. The molecule has 0 aromatic heterocycles. The maximum Gasteiger partial charge on any atom is 0.425 e. The van der Waals surface area contributed by atoms with Crippen LogP contribution in [0.5, 0.6) is 5.75 Å². The molecule has 21 heavy (non-hydrogen) atoms. The first kappa shape index (κ1) is 17.3. The van der Waals surface area contributed by atoms with Crippen molar-refractivity contribution in [3.63, 3.8) is 0 Å². The minimum atomic E-state index is -4.63. The summed E-state index contributed by atoms with van der Waals surface area (Å²) in [6.45, 7) is 0.711. The van der Waals surface area contributed by atoms with Crippen molar-refractivity contribution in [2.45, 2.75) is 32.0 Å². The molecule has 1 rings (SSSR count). The third-order valence-corrected chi connectivity index (χ3v) is 2.57. The van der Waals surface area contributed by atoms with Crippen LogP contribution in [0.4, 0.5) is 13.2 Å². The van der Waals surface area contributed by atoms with Crippen molar-refractivity contribution in [2.75, 3.05) is 0 Å². The Bertz CT molecular complexity index is 516. The van der Waals surface area contributed by atoms with E-state index >= 15 is 0 Å². The highest BCUT2D eigenvalue weighted by Crippen LogP contribution is 2.23. The smallest absolute Gasteiger partial charge is 0.425 e. The highest BCUT2D eigenvalue weighted by atomic mass is 35.5. The molecule has 1 atom stereocenters. The summed E-state index contributed by atoms with van der Waals surface area (Å²) in [5.74, 6) is -1.71. The van der Waals surface area contributed by atoms with Crippen LogP contribution in [0.25, 0.3) is 0 Å². The second-order valence-electron chi connectivity index (χ2n) is 4.11. The molecule has 1 aromatic rings. The summed E-state index contributed by atoms with van der Waals surface area (Å²) in [4.78, 5) is 22.6. The Morgan fingerprint density at radius 3 is 2.43 bits per heavy atom. The first-order valence-corrected chi connectivity index (χ1v) is 6.28. The second-order valence-corrected chi connectivity index (χ2v) is 4.54. The third-order valence-electron chi connectivity index (χ3n) is 2.33. The molecule has 0 heterocycles. The standard InChI is InChI=1S/C13H12ClF3O4/c1-8(13(15,16)17)20-11(18)5-6-12(19)21-10-4-2-3-9(14)7-10/h2-4,7-8H,5-6H2,1H3. The molecule has 0 N–H and O–H groups in total. The van der Waals surface area contributed by atoms with Gasteiger partial charge in [-0.25, -0.2) is 0 Å². The normalized spacial score (nSPS) is 12.6. The van der Waals surface area contributed by atoms with E-state index in [1.54, 1.807) is 12.1 Å². The second kappa shape index (κ2) is 7.31. The van der Waals surface area contributed by atoms with Gasteiger partial charge < -0.3 is 9.47 Å². The van der Waals surface area contributed by atoms with Gasteiger partial charge >= 0.3 is 18.1 Å². The van der Waals surface area contributed by atoms with E-state index in [2.05, 4.69) is 4.74 Å². The van der Waals surface area contributed by atoms with Crippen molar-refractivity contribution < 1.29 is 32.2 Å². The van der Waals surface area contributed by atoms with Gasteiger partial charge in [0.2, 0.25) is 0 Å². The van der Waals surface area contributed by atoms with Crippen LogP contribution in [0.2, 0.25) is 5.02 Å². The Hall–Kier alpha value is -1.76. The van der Waals surface area contributed by atoms with E-state index in [-0.39, 0.29) is 5.75 Å². The summed E-state index contributed by atoms with van der Waals surface area (Å²) in [6, 6.07) is 6.01. The zero-order chi connectivity index (χ0) is 16.0. The molecule has 0 amide bonds. The van der Waals surface area contributed by atoms with Crippen molar-refractivity contribution in [3.05, 3.63) is 29.3 Å². The number of rotatable bonds is 5. The highest BCUT2D eigenvalue weighted by molar-refractivity contribution is 6.30. The summed E-state index contributed by atoms with van der Waals surface area (Å²) in [5, 5.41) is 0.360. The number of halogens is 4. The Labute approximate surface area is 123 Å². The SMILES string of the molecule is CC(OC(=O)CCC(=O)Oc1cccc(Cl)c1)C(F)(F)F. The molecule has 0 aliphatic rings. The summed E-state index contributed by atoms with van der Waals surface area (Å²) in [6.07, 6.45) is -7.74. The van der Waals surface area contributed by atoms with Crippen LogP contribution in [0.1, 0.15) is 19.8 Å². The number of benzene rings is 1. The fourth-order valence-corrected chi connectivity index (χ4v) is 1.42. The van der Waals surface area contributed by atoms with Crippen LogP contribution in [-0.4, -0.2) is 24.2 Å². The highest BCUT2D eigenvalue weighted by Gasteiger charge is 2.39. The van der Waals surface area contributed by atoms with Crippen LogP contribution in [0, 0.1) is 0 Å². The lowest BCUT2D eigenvalue weighted by molar-refractivity contribution is -0.216. The van der Waals surface area contributed by atoms with Crippen LogP contribution in [0.15, 0.2) is 24.3 Å². The van der Waals surface area contributed by atoms with Gasteiger partial charge in [0.1, 0.15) is 5.75 Å². The van der Waals surface area contributed by atoms with Crippen molar-refractivity contribution in [3.8, 4) is 5.75 Å². The van der Waals surface area contributed by atoms with E-state index in [4.69, 9.17) is 16.3 Å². The molecule has 0 bridgehead atoms. The number of carbonyl (C=O) groups is 2. The quantitative estimate of drug-likeness (QED) is 0.614. The van der Waals surface area contributed by atoms with E-state index in [0.717, 1.165) is 0 Å². The van der Waals surface area contributed by atoms with Crippen molar-refractivity contribution in [1.29, 1.82) is 0 Å². The molecule has 1 aromatic carbocycles. The van der Waals surface area contributed by atoms with E-state index < -0.39 is 37.1 Å². The van der Waals surface area contributed by atoms with Gasteiger partial charge in [0.25, 0.3) is 0 Å². The Morgan fingerprint density at radius 2 is 1.86 bits per heavy atom. The lowest BCUT2D eigenvalue weighted by Crippen LogP contribution is -2.31. The van der Waals surface area contributed by atoms with E-state index in [0.29, 0.717) is 11.9 Å². The van der Waals surface area contributed by atoms with Gasteiger partial charge in [-0.2, -0.15) is 13.2 Å². The number of carbonyl (C=O) groups excluding carboxylic acids is 2. The van der Waals surface area contributed by atoms with E-state index in [1.165, 1.54) is 12.1 Å². The number of alkyl halides is 3. The van der Waals surface area contributed by atoms with E-state index in [9.17, 15) is 22.8 Å². The largest absolute Gasteiger partial charge is 0.453 e. The molecule has 1 unspecified atom stereocenters. The molecule has 8 heteroatoms. The molecular weight excluding hydrogens is 313 g/mol. The third kappa shape index (κ3) is 6.48. The molecule has 0 fully saturated rings. The van der Waals surface area contributed by atoms with Gasteiger partial charge in [-0.05, 0) is 25.1 Å². The first-order chi connectivity index (χ1) is 9.68. The number of esters is 2. The lowest BCUT2D eigenvalue weighted by atomic mass is 10.3. The lowest BCUT2D eigenvalue weighted by Gasteiger charge is -2.16. The predicted octanol–water partition coefficient (Wildman–Crippen LogP) is 3.52. The fraction of sp³-hybridized carbons (Fsp3) is 0.385. The number of hydrogen-bond acceptors (Lipinski definition) is 4. The summed E-state index contributed by atoms with van der Waals surface area (Å²) in [7, 11) is 0. The summed E-state index contributed by atoms with van der Waals surface area (Å²) >= 11 is 5.68. The predicted molar refractivity (Wildman–Crippen MR) is 67.9 cm³/mol. The van der Waals surface area contributed by atoms with Crippen molar-refractivity contribution in [2.24, 2.45) is 0 Å². The van der Waals surface area contributed by atoms with Gasteiger partial charge in [0, 0.05) is 5.02 Å². The number of ether oxygens (including phenoxy) is 2. The van der Waals surface area contributed by atoms with Crippen LogP contribution < -0.4 is 4.74 Å². The van der Waals surface area contributed by atoms with Crippen LogP contribution in [0.3, 0.4) is 0 Å². The zero-order valence-corrected chi connectivity index (χ0v) is 11.7. The fourth-order valence-electron chi connectivity index (χ4n) is 1.24. The molecule has 0 saturated heterocycles. The summed E-state index contributed by atoms with van der Waals surface area (Å²) < 4.78 is 45.5. The Kier molecular flexibility index (Phi) is 6.02. The van der Waals surface area contributed by atoms with Crippen molar-refractivity contribution in [1.82, 2.24) is 0 Å². The van der Waals surface area contributed by atoms with E-state index in [1.807, 2.05) is 0 Å². The topological polar surface area (TPSA) is 52.6 Å². The average molecular weight is 325 g/mol. The molecule has 0 aliphatic carbocycles. The molecule has 0 saturated carbocycles. The Balaban J connectivity index is 2.38. The molecule has 0 radical (unpaired) electrons. The van der Waals surface area contributed by atoms with Crippen molar-refractivity contribution >= 4 is 23.5 Å². The Morgan fingerprint density at radius 1 is 1.24 bits per heavy atom. The van der Waals surface area contributed by atoms with Gasteiger partial charge in [0.05, 0.1) is 12.8 Å². The minimum Gasteiger partial charge on any atom is -0.453 e. The first-order valence-electron chi connectivity index (χ1n) is 5.91. The summed E-state index contributed by atoms with van der Waals surface area (Å²) in [5.41, 5.74) is 0. The van der Waals surface area contributed by atoms with Gasteiger partial charge in [0.15, 0.2) is 6.10 Å². The molecule has 0 spiro atoms. The molecular formula is C13H12ClF3O4. The van der Waals surface area contributed by atoms with Gasteiger partial charge in [-0.15, -0.1) is 0 Å². The average Bonchev–Trinajstić information content (AvgIpc) is 2.35. The van der Waals surface area contributed by atoms with Gasteiger partial charge in [-0.1, -0.05) is 17.7 Å². The maximum absolute atomic E-state index is 12.2. The monoisotopic (exact) mass is 324 g/mol. The van der Waals surface area contributed by atoms with Gasteiger partial charge in [-0.3, -0.25) is 9.59 Å². The van der Waals surface area contributed by atoms with Crippen LogP contribution >= 0.6 is 11.6 Å².